The van der Waals surface area contributed by atoms with Crippen molar-refractivity contribution in [3.8, 4) is 0 Å². The molecular weight excluding hydrogens is 238 g/mol. The third-order valence-electron chi connectivity index (χ3n) is 3.47. The maximum absolute atomic E-state index is 12.2. The smallest absolute Gasteiger partial charge is 0.195 e. The molecule has 0 amide bonds. The standard InChI is InChI=1S/C16H17NO2/c1-10-11(2)14(17)9-8-13(10)16(19)15(18)12-6-4-3-5-7-12/h3-9,16,19H,17H2,1-2H3. The Hall–Kier alpha value is -2.13. The summed E-state index contributed by atoms with van der Waals surface area (Å²) >= 11 is 0. The van der Waals surface area contributed by atoms with Crippen LogP contribution in [0.3, 0.4) is 0 Å². The van der Waals surface area contributed by atoms with Crippen molar-refractivity contribution in [2.45, 2.75) is 20.0 Å². The minimum atomic E-state index is -1.15. The molecule has 0 fully saturated rings. The van der Waals surface area contributed by atoms with Gasteiger partial charge in [0.15, 0.2) is 5.78 Å². The van der Waals surface area contributed by atoms with Gasteiger partial charge in [0.2, 0.25) is 0 Å². The number of aliphatic hydroxyl groups excluding tert-OH is 1. The molecule has 2 aromatic rings. The first-order valence-corrected chi connectivity index (χ1v) is 6.15. The van der Waals surface area contributed by atoms with Gasteiger partial charge in [0, 0.05) is 11.3 Å². The summed E-state index contributed by atoms with van der Waals surface area (Å²) in [6.45, 7) is 3.75. The summed E-state index contributed by atoms with van der Waals surface area (Å²) in [6.07, 6.45) is -1.15. The fourth-order valence-corrected chi connectivity index (χ4v) is 2.06. The van der Waals surface area contributed by atoms with Crippen LogP contribution in [0.1, 0.15) is 33.2 Å². The fraction of sp³-hybridized carbons (Fsp3) is 0.188. The highest BCUT2D eigenvalue weighted by Gasteiger charge is 2.21. The van der Waals surface area contributed by atoms with Crippen LogP contribution in [0, 0.1) is 13.8 Å². The zero-order chi connectivity index (χ0) is 14.0. The summed E-state index contributed by atoms with van der Waals surface area (Å²) in [5.41, 5.74) is 9.35. The maximum atomic E-state index is 12.2. The van der Waals surface area contributed by atoms with E-state index in [-0.39, 0.29) is 5.78 Å². The van der Waals surface area contributed by atoms with E-state index >= 15 is 0 Å². The Kier molecular flexibility index (Phi) is 3.67. The van der Waals surface area contributed by atoms with Crippen molar-refractivity contribution in [1.82, 2.24) is 0 Å². The molecule has 1 unspecified atom stereocenters. The van der Waals surface area contributed by atoms with Crippen LogP contribution in [0.15, 0.2) is 42.5 Å². The number of hydrogen-bond acceptors (Lipinski definition) is 3. The van der Waals surface area contributed by atoms with Crippen molar-refractivity contribution in [3.63, 3.8) is 0 Å². The molecule has 19 heavy (non-hydrogen) atoms. The Labute approximate surface area is 112 Å². The minimum absolute atomic E-state index is 0.298. The molecule has 2 rings (SSSR count). The Bertz CT molecular complexity index is 606. The summed E-state index contributed by atoms with van der Waals surface area (Å²) in [6, 6.07) is 12.2. The van der Waals surface area contributed by atoms with Crippen molar-refractivity contribution < 1.29 is 9.90 Å². The zero-order valence-corrected chi connectivity index (χ0v) is 11.1. The van der Waals surface area contributed by atoms with Crippen LogP contribution in [-0.4, -0.2) is 10.9 Å². The van der Waals surface area contributed by atoms with Crippen LogP contribution < -0.4 is 5.73 Å². The van der Waals surface area contributed by atoms with E-state index in [4.69, 9.17) is 5.73 Å². The molecule has 0 heterocycles. The second kappa shape index (κ2) is 5.24. The van der Waals surface area contributed by atoms with E-state index in [0.717, 1.165) is 11.1 Å². The molecule has 0 radical (unpaired) electrons. The number of Topliss-reactive ketones (excluding diaryl/α,β-unsaturated/α-hetero) is 1. The van der Waals surface area contributed by atoms with Gasteiger partial charge in [-0.3, -0.25) is 4.79 Å². The number of nitrogens with two attached hydrogens (primary N) is 1. The van der Waals surface area contributed by atoms with E-state index in [1.165, 1.54) is 0 Å². The van der Waals surface area contributed by atoms with Crippen molar-refractivity contribution in [2.24, 2.45) is 0 Å². The predicted molar refractivity (Wildman–Crippen MR) is 76.1 cm³/mol. The molecule has 0 aliphatic carbocycles. The average molecular weight is 255 g/mol. The molecule has 3 N–H and O–H groups in total. The molecule has 3 heteroatoms. The number of aliphatic hydroxyl groups is 1. The molecule has 0 aliphatic heterocycles. The quantitative estimate of drug-likeness (QED) is 0.654. The number of nitrogen functional groups attached to an aromatic ring is 1. The molecule has 98 valence electrons. The Balaban J connectivity index is 2.38. The Morgan fingerprint density at radius 2 is 1.68 bits per heavy atom. The second-order valence-corrected chi connectivity index (χ2v) is 4.63. The lowest BCUT2D eigenvalue weighted by Crippen LogP contribution is -2.14. The largest absolute Gasteiger partial charge is 0.399 e. The second-order valence-electron chi connectivity index (χ2n) is 4.63. The van der Waals surface area contributed by atoms with Gasteiger partial charge in [-0.05, 0) is 36.6 Å². The van der Waals surface area contributed by atoms with Gasteiger partial charge in [-0.15, -0.1) is 0 Å². The highest BCUT2D eigenvalue weighted by Crippen LogP contribution is 2.26. The highest BCUT2D eigenvalue weighted by atomic mass is 16.3. The van der Waals surface area contributed by atoms with Crippen LogP contribution in [0.25, 0.3) is 0 Å². The summed E-state index contributed by atoms with van der Waals surface area (Å²) in [7, 11) is 0. The van der Waals surface area contributed by atoms with Crippen LogP contribution in [0.2, 0.25) is 0 Å². The topological polar surface area (TPSA) is 63.3 Å². The van der Waals surface area contributed by atoms with Gasteiger partial charge in [0.1, 0.15) is 6.10 Å². The lowest BCUT2D eigenvalue weighted by molar-refractivity contribution is 0.0746. The van der Waals surface area contributed by atoms with Gasteiger partial charge in [-0.25, -0.2) is 0 Å². The molecule has 0 aliphatic rings. The molecule has 1 atom stereocenters. The number of carbonyl (C=O) groups is 1. The van der Waals surface area contributed by atoms with Crippen molar-refractivity contribution in [2.75, 3.05) is 5.73 Å². The average Bonchev–Trinajstić information content (AvgIpc) is 2.44. The Morgan fingerprint density at radius 1 is 1.05 bits per heavy atom. The molecular formula is C16H17NO2. The first-order chi connectivity index (χ1) is 9.02. The third kappa shape index (κ3) is 2.51. The van der Waals surface area contributed by atoms with E-state index in [9.17, 15) is 9.90 Å². The van der Waals surface area contributed by atoms with Crippen LogP contribution in [-0.2, 0) is 0 Å². The van der Waals surface area contributed by atoms with Gasteiger partial charge in [-0.2, -0.15) is 0 Å². The van der Waals surface area contributed by atoms with Crippen LogP contribution in [0.4, 0.5) is 5.69 Å². The first-order valence-electron chi connectivity index (χ1n) is 6.15. The van der Waals surface area contributed by atoms with E-state index in [0.29, 0.717) is 16.8 Å². The van der Waals surface area contributed by atoms with E-state index in [1.807, 2.05) is 19.9 Å². The van der Waals surface area contributed by atoms with Crippen molar-refractivity contribution in [1.29, 1.82) is 0 Å². The maximum Gasteiger partial charge on any atom is 0.195 e. The molecule has 0 saturated heterocycles. The number of hydrogen-bond donors (Lipinski definition) is 2. The molecule has 0 bridgehead atoms. The van der Waals surface area contributed by atoms with Gasteiger partial charge < -0.3 is 10.8 Å². The Morgan fingerprint density at radius 3 is 2.32 bits per heavy atom. The normalized spacial score (nSPS) is 12.2. The van der Waals surface area contributed by atoms with E-state index in [1.54, 1.807) is 36.4 Å². The first kappa shape index (κ1) is 13.3. The molecule has 0 spiro atoms. The summed E-state index contributed by atoms with van der Waals surface area (Å²) in [5.74, 6) is -0.298. The lowest BCUT2D eigenvalue weighted by Gasteiger charge is -2.15. The monoisotopic (exact) mass is 255 g/mol. The van der Waals surface area contributed by atoms with Crippen LogP contribution in [0.5, 0.6) is 0 Å². The van der Waals surface area contributed by atoms with Gasteiger partial charge in [-0.1, -0.05) is 36.4 Å². The summed E-state index contributed by atoms with van der Waals surface area (Å²) in [5, 5.41) is 10.2. The molecule has 0 aromatic heterocycles. The third-order valence-corrected chi connectivity index (χ3v) is 3.47. The van der Waals surface area contributed by atoms with E-state index in [2.05, 4.69) is 0 Å². The number of benzene rings is 2. The molecule has 3 nitrogen and oxygen atoms in total. The number of carbonyl (C=O) groups excluding carboxylic acids is 1. The summed E-state index contributed by atoms with van der Waals surface area (Å²) < 4.78 is 0. The van der Waals surface area contributed by atoms with Crippen molar-refractivity contribution in [3.05, 3.63) is 64.7 Å². The molecule has 0 saturated carbocycles. The van der Waals surface area contributed by atoms with Crippen LogP contribution >= 0.6 is 0 Å². The summed E-state index contributed by atoms with van der Waals surface area (Å²) in [4.78, 5) is 12.2. The zero-order valence-electron chi connectivity index (χ0n) is 11.1. The van der Waals surface area contributed by atoms with Gasteiger partial charge >= 0.3 is 0 Å². The van der Waals surface area contributed by atoms with E-state index < -0.39 is 6.10 Å². The number of rotatable bonds is 3. The van der Waals surface area contributed by atoms with Gasteiger partial charge in [0.25, 0.3) is 0 Å². The fourth-order valence-electron chi connectivity index (χ4n) is 2.06. The van der Waals surface area contributed by atoms with Crippen molar-refractivity contribution >= 4 is 11.5 Å². The minimum Gasteiger partial charge on any atom is -0.399 e. The number of anilines is 1. The molecule has 2 aromatic carbocycles. The lowest BCUT2D eigenvalue weighted by atomic mass is 9.93. The predicted octanol–water partition coefficient (Wildman–Crippen LogP) is 2.80. The number of ketones is 1. The highest BCUT2D eigenvalue weighted by molar-refractivity contribution is 6.00. The SMILES string of the molecule is Cc1c(N)ccc(C(O)C(=O)c2ccccc2)c1C. The van der Waals surface area contributed by atoms with Gasteiger partial charge in [0.05, 0.1) is 0 Å².